The largest absolute Gasteiger partial charge is 0.389 e. The smallest absolute Gasteiger partial charge is 0.274 e. The standard InChI is InChI=1S/C12H20N4O2/c1-5-13-10-7-6-9(14-15-10)11(17)16(4)8-12(2,3)18/h6-7,18H,5,8H2,1-4H3,(H,13,15). The molecule has 0 aliphatic carbocycles. The van der Waals surface area contributed by atoms with Crippen molar-refractivity contribution in [3.05, 3.63) is 17.8 Å². The summed E-state index contributed by atoms with van der Waals surface area (Å²) in [5.74, 6) is 0.381. The van der Waals surface area contributed by atoms with Gasteiger partial charge in [0.1, 0.15) is 5.82 Å². The third kappa shape index (κ3) is 4.29. The first-order valence-corrected chi connectivity index (χ1v) is 5.89. The highest BCUT2D eigenvalue weighted by molar-refractivity contribution is 5.92. The number of anilines is 1. The maximum Gasteiger partial charge on any atom is 0.274 e. The molecule has 1 aromatic rings. The molecule has 0 saturated heterocycles. The van der Waals surface area contributed by atoms with E-state index in [4.69, 9.17) is 0 Å². The van der Waals surface area contributed by atoms with Crippen molar-refractivity contribution in [1.82, 2.24) is 15.1 Å². The van der Waals surface area contributed by atoms with E-state index >= 15 is 0 Å². The minimum absolute atomic E-state index is 0.239. The number of hydrogen-bond acceptors (Lipinski definition) is 5. The first-order chi connectivity index (χ1) is 8.33. The Hall–Kier alpha value is -1.69. The summed E-state index contributed by atoms with van der Waals surface area (Å²) in [4.78, 5) is 13.4. The molecule has 0 aromatic carbocycles. The van der Waals surface area contributed by atoms with E-state index in [-0.39, 0.29) is 18.1 Å². The highest BCUT2D eigenvalue weighted by atomic mass is 16.3. The minimum Gasteiger partial charge on any atom is -0.389 e. The number of aliphatic hydroxyl groups is 1. The van der Waals surface area contributed by atoms with Crippen LogP contribution in [0, 0.1) is 0 Å². The van der Waals surface area contributed by atoms with Gasteiger partial charge in [0, 0.05) is 20.1 Å². The minimum atomic E-state index is -0.929. The lowest BCUT2D eigenvalue weighted by molar-refractivity contribution is 0.0364. The number of nitrogens with one attached hydrogen (secondary N) is 1. The Morgan fingerprint density at radius 2 is 2.11 bits per heavy atom. The molecule has 0 fully saturated rings. The zero-order valence-electron chi connectivity index (χ0n) is 11.3. The van der Waals surface area contributed by atoms with Gasteiger partial charge in [-0.25, -0.2) is 0 Å². The Bertz CT molecular complexity index is 398. The Morgan fingerprint density at radius 1 is 1.44 bits per heavy atom. The maximum atomic E-state index is 12.0. The van der Waals surface area contributed by atoms with Crippen LogP contribution >= 0.6 is 0 Å². The average molecular weight is 252 g/mol. The van der Waals surface area contributed by atoms with Crippen molar-refractivity contribution in [3.8, 4) is 0 Å². The molecular weight excluding hydrogens is 232 g/mol. The van der Waals surface area contributed by atoms with Crippen LogP contribution in [0.2, 0.25) is 0 Å². The van der Waals surface area contributed by atoms with Crippen LogP contribution < -0.4 is 5.32 Å². The molecule has 1 heterocycles. The Labute approximate surface area is 107 Å². The average Bonchev–Trinajstić information content (AvgIpc) is 2.27. The second-order valence-electron chi connectivity index (χ2n) is 4.81. The van der Waals surface area contributed by atoms with E-state index in [0.29, 0.717) is 5.82 Å². The van der Waals surface area contributed by atoms with Crippen LogP contribution in [0.25, 0.3) is 0 Å². The number of nitrogens with zero attached hydrogens (tertiary/aromatic N) is 3. The Balaban J connectivity index is 2.72. The number of amides is 1. The molecule has 18 heavy (non-hydrogen) atoms. The summed E-state index contributed by atoms with van der Waals surface area (Å²) in [6.45, 7) is 6.24. The number of hydrogen-bond donors (Lipinski definition) is 2. The summed E-state index contributed by atoms with van der Waals surface area (Å²) in [6.07, 6.45) is 0. The zero-order chi connectivity index (χ0) is 13.8. The van der Waals surface area contributed by atoms with E-state index < -0.39 is 5.60 Å². The second-order valence-corrected chi connectivity index (χ2v) is 4.81. The quantitative estimate of drug-likeness (QED) is 0.808. The fourth-order valence-corrected chi connectivity index (χ4v) is 1.57. The number of carbonyl (C=O) groups excluding carboxylic acids is 1. The van der Waals surface area contributed by atoms with Crippen molar-refractivity contribution < 1.29 is 9.90 Å². The van der Waals surface area contributed by atoms with Crippen LogP contribution in [-0.4, -0.2) is 51.8 Å². The third-order valence-electron chi connectivity index (χ3n) is 2.21. The van der Waals surface area contributed by atoms with E-state index in [1.165, 1.54) is 4.90 Å². The van der Waals surface area contributed by atoms with E-state index in [2.05, 4.69) is 15.5 Å². The molecule has 6 nitrogen and oxygen atoms in total. The number of rotatable bonds is 5. The summed E-state index contributed by atoms with van der Waals surface area (Å²) < 4.78 is 0. The van der Waals surface area contributed by atoms with Crippen LogP contribution in [0.4, 0.5) is 5.82 Å². The molecule has 0 saturated carbocycles. The highest BCUT2D eigenvalue weighted by Crippen LogP contribution is 2.08. The van der Waals surface area contributed by atoms with Gasteiger partial charge in [0.2, 0.25) is 0 Å². The second kappa shape index (κ2) is 5.77. The number of aromatic nitrogens is 2. The molecule has 1 amide bonds. The molecule has 0 unspecified atom stereocenters. The summed E-state index contributed by atoms with van der Waals surface area (Å²) >= 11 is 0. The van der Waals surface area contributed by atoms with Gasteiger partial charge >= 0.3 is 0 Å². The number of likely N-dealkylation sites (N-methyl/N-ethyl adjacent to an activating group) is 1. The molecule has 1 aromatic heterocycles. The van der Waals surface area contributed by atoms with Crippen LogP contribution in [0.1, 0.15) is 31.3 Å². The summed E-state index contributed by atoms with van der Waals surface area (Å²) in [7, 11) is 1.63. The first-order valence-electron chi connectivity index (χ1n) is 5.89. The summed E-state index contributed by atoms with van der Waals surface area (Å²) in [6, 6.07) is 3.33. The molecule has 100 valence electrons. The van der Waals surface area contributed by atoms with Gasteiger partial charge in [-0.1, -0.05) is 0 Å². The Kier molecular flexibility index (Phi) is 4.61. The summed E-state index contributed by atoms with van der Waals surface area (Å²) in [5, 5.41) is 20.4. The van der Waals surface area contributed by atoms with Crippen LogP contribution in [-0.2, 0) is 0 Å². The van der Waals surface area contributed by atoms with Gasteiger partial charge in [-0.15, -0.1) is 10.2 Å². The summed E-state index contributed by atoms with van der Waals surface area (Å²) in [5.41, 5.74) is -0.662. The molecular formula is C12H20N4O2. The fraction of sp³-hybridized carbons (Fsp3) is 0.583. The van der Waals surface area contributed by atoms with Crippen LogP contribution in [0.3, 0.4) is 0 Å². The molecule has 0 radical (unpaired) electrons. The molecule has 1 rings (SSSR count). The molecule has 2 N–H and O–H groups in total. The van der Waals surface area contributed by atoms with Gasteiger partial charge in [-0.3, -0.25) is 4.79 Å². The monoisotopic (exact) mass is 252 g/mol. The van der Waals surface area contributed by atoms with Gasteiger partial charge in [0.15, 0.2) is 5.69 Å². The van der Waals surface area contributed by atoms with Gasteiger partial charge in [0.25, 0.3) is 5.91 Å². The van der Waals surface area contributed by atoms with Gasteiger partial charge in [-0.2, -0.15) is 0 Å². The number of carbonyl (C=O) groups is 1. The van der Waals surface area contributed by atoms with Crippen molar-refractivity contribution in [1.29, 1.82) is 0 Å². The van der Waals surface area contributed by atoms with Gasteiger partial charge in [-0.05, 0) is 32.9 Å². The molecule has 6 heteroatoms. The normalized spacial score (nSPS) is 11.2. The van der Waals surface area contributed by atoms with Crippen LogP contribution in [0.15, 0.2) is 12.1 Å². The predicted molar refractivity (Wildman–Crippen MR) is 69.5 cm³/mol. The molecule has 0 spiro atoms. The van der Waals surface area contributed by atoms with Crippen molar-refractivity contribution in [2.75, 3.05) is 25.5 Å². The van der Waals surface area contributed by atoms with Crippen molar-refractivity contribution >= 4 is 11.7 Å². The first kappa shape index (κ1) is 14.4. The van der Waals surface area contributed by atoms with Crippen molar-refractivity contribution in [2.24, 2.45) is 0 Å². The predicted octanol–water partition coefficient (Wildman–Crippen LogP) is 0.751. The van der Waals surface area contributed by atoms with E-state index in [9.17, 15) is 9.90 Å². The molecule has 0 bridgehead atoms. The lowest BCUT2D eigenvalue weighted by atomic mass is 10.1. The lowest BCUT2D eigenvalue weighted by Crippen LogP contribution is -2.40. The SMILES string of the molecule is CCNc1ccc(C(=O)N(C)CC(C)(C)O)nn1. The maximum absolute atomic E-state index is 12.0. The third-order valence-corrected chi connectivity index (χ3v) is 2.21. The fourth-order valence-electron chi connectivity index (χ4n) is 1.57. The van der Waals surface area contributed by atoms with Crippen molar-refractivity contribution in [2.45, 2.75) is 26.4 Å². The van der Waals surface area contributed by atoms with Gasteiger partial charge in [0.05, 0.1) is 5.60 Å². The lowest BCUT2D eigenvalue weighted by Gasteiger charge is -2.25. The van der Waals surface area contributed by atoms with Crippen molar-refractivity contribution in [3.63, 3.8) is 0 Å². The van der Waals surface area contributed by atoms with E-state index in [1.54, 1.807) is 33.0 Å². The van der Waals surface area contributed by atoms with Gasteiger partial charge < -0.3 is 15.3 Å². The van der Waals surface area contributed by atoms with Crippen LogP contribution in [0.5, 0.6) is 0 Å². The molecule has 0 aliphatic rings. The topological polar surface area (TPSA) is 78.4 Å². The van der Waals surface area contributed by atoms with E-state index in [0.717, 1.165) is 6.54 Å². The highest BCUT2D eigenvalue weighted by Gasteiger charge is 2.21. The molecule has 0 aliphatic heterocycles. The molecule has 0 atom stereocenters. The Morgan fingerprint density at radius 3 is 2.56 bits per heavy atom. The zero-order valence-corrected chi connectivity index (χ0v) is 11.3. The van der Waals surface area contributed by atoms with E-state index in [1.807, 2.05) is 6.92 Å².